The van der Waals surface area contributed by atoms with Gasteiger partial charge in [0.25, 0.3) is 5.91 Å². The molecule has 0 aliphatic rings. The van der Waals surface area contributed by atoms with E-state index in [4.69, 9.17) is 4.74 Å². The molecule has 3 rings (SSSR count). The molecule has 0 aliphatic heterocycles. The van der Waals surface area contributed by atoms with Gasteiger partial charge in [-0.25, -0.2) is 0 Å². The summed E-state index contributed by atoms with van der Waals surface area (Å²) in [6.45, 7) is 10.2. The molecule has 3 aromatic rings. The van der Waals surface area contributed by atoms with Crippen LogP contribution >= 0.6 is 0 Å². The molecule has 144 valence electrons. The number of aromatic nitrogens is 1. The maximum atomic E-state index is 13.1. The number of hydrogen-bond acceptors (Lipinski definition) is 3. The monoisotopic (exact) mass is 374 g/mol. The summed E-state index contributed by atoms with van der Waals surface area (Å²) in [4.78, 5) is 17.6. The number of ether oxygens (including phenoxy) is 1. The van der Waals surface area contributed by atoms with E-state index >= 15 is 0 Å². The van der Waals surface area contributed by atoms with E-state index in [1.807, 2.05) is 64.1 Å². The molecule has 2 aromatic carbocycles. The number of anilines is 1. The quantitative estimate of drug-likeness (QED) is 0.645. The van der Waals surface area contributed by atoms with Crippen LogP contribution in [0.25, 0.3) is 0 Å². The van der Waals surface area contributed by atoms with E-state index in [-0.39, 0.29) is 5.91 Å². The third kappa shape index (κ3) is 4.39. The summed E-state index contributed by atoms with van der Waals surface area (Å²) in [6, 6.07) is 15.9. The number of carbonyl (C=O) groups is 1. The third-order valence-electron chi connectivity index (χ3n) is 4.75. The van der Waals surface area contributed by atoms with Gasteiger partial charge >= 0.3 is 0 Å². The van der Waals surface area contributed by atoms with Crippen LogP contribution in [0.5, 0.6) is 5.75 Å². The van der Waals surface area contributed by atoms with Crippen molar-refractivity contribution in [2.75, 3.05) is 5.32 Å². The van der Waals surface area contributed by atoms with Crippen LogP contribution < -0.4 is 10.1 Å². The van der Waals surface area contributed by atoms with Gasteiger partial charge in [-0.2, -0.15) is 0 Å². The Hall–Kier alpha value is -3.14. The fraction of sp³-hybridized carbons (Fsp3) is 0.250. The minimum Gasteiger partial charge on any atom is -0.488 e. The third-order valence-corrected chi connectivity index (χ3v) is 4.75. The van der Waals surface area contributed by atoms with Gasteiger partial charge < -0.3 is 10.1 Å². The number of amides is 1. The Morgan fingerprint density at radius 2 is 1.61 bits per heavy atom. The fourth-order valence-electron chi connectivity index (χ4n) is 3.22. The van der Waals surface area contributed by atoms with E-state index in [9.17, 15) is 4.79 Å². The summed E-state index contributed by atoms with van der Waals surface area (Å²) in [7, 11) is 0. The first kappa shape index (κ1) is 19.6. The summed E-state index contributed by atoms with van der Waals surface area (Å²) in [5.41, 5.74) is 7.08. The molecular formula is C24H26N2O2. The Morgan fingerprint density at radius 3 is 2.25 bits per heavy atom. The van der Waals surface area contributed by atoms with Gasteiger partial charge in [-0.15, -0.1) is 0 Å². The first-order chi connectivity index (χ1) is 13.3. The predicted molar refractivity (Wildman–Crippen MR) is 113 cm³/mol. The lowest BCUT2D eigenvalue weighted by Gasteiger charge is -2.16. The minimum atomic E-state index is -0.207. The van der Waals surface area contributed by atoms with Crippen LogP contribution in [0, 0.1) is 34.6 Å². The van der Waals surface area contributed by atoms with Crippen molar-refractivity contribution in [3.8, 4) is 5.75 Å². The Labute approximate surface area is 166 Å². The SMILES string of the molecule is Cc1ccc(COc2cc(C)nc(C)c2C(=O)Nc2c(C)cccc2C)cc1. The lowest BCUT2D eigenvalue weighted by atomic mass is 10.1. The number of carbonyl (C=O) groups excluding carboxylic acids is 1. The minimum absolute atomic E-state index is 0.207. The number of rotatable bonds is 5. The first-order valence-electron chi connectivity index (χ1n) is 9.39. The average Bonchev–Trinajstić information content (AvgIpc) is 2.64. The molecule has 0 aliphatic carbocycles. The van der Waals surface area contributed by atoms with Crippen LogP contribution in [0.3, 0.4) is 0 Å². The molecule has 4 heteroatoms. The zero-order valence-corrected chi connectivity index (χ0v) is 17.1. The number of nitrogens with zero attached hydrogens (tertiary/aromatic N) is 1. The summed E-state index contributed by atoms with van der Waals surface area (Å²) in [5, 5.41) is 3.04. The van der Waals surface area contributed by atoms with Crippen LogP contribution in [-0.2, 0) is 6.61 Å². The van der Waals surface area contributed by atoms with Crippen molar-refractivity contribution in [2.24, 2.45) is 0 Å². The van der Waals surface area contributed by atoms with Crippen molar-refractivity contribution in [3.05, 3.63) is 87.7 Å². The van der Waals surface area contributed by atoms with Crippen molar-refractivity contribution in [1.29, 1.82) is 0 Å². The van der Waals surface area contributed by atoms with E-state index in [0.29, 0.717) is 23.6 Å². The second-order valence-corrected chi connectivity index (χ2v) is 7.22. The van der Waals surface area contributed by atoms with Crippen molar-refractivity contribution < 1.29 is 9.53 Å². The van der Waals surface area contributed by atoms with Crippen LogP contribution in [0.2, 0.25) is 0 Å². The van der Waals surface area contributed by atoms with Crippen LogP contribution in [0.1, 0.15) is 44.0 Å². The van der Waals surface area contributed by atoms with Gasteiger partial charge in [-0.3, -0.25) is 9.78 Å². The van der Waals surface area contributed by atoms with E-state index < -0.39 is 0 Å². The Bertz CT molecular complexity index is 988. The maximum Gasteiger partial charge on any atom is 0.261 e. The van der Waals surface area contributed by atoms with Crippen LogP contribution in [-0.4, -0.2) is 10.9 Å². The number of benzene rings is 2. The molecule has 0 radical (unpaired) electrons. The molecule has 0 fully saturated rings. The molecule has 1 N–H and O–H groups in total. The summed E-state index contributed by atoms with van der Waals surface area (Å²) < 4.78 is 6.04. The molecular weight excluding hydrogens is 348 g/mol. The van der Waals surface area contributed by atoms with Crippen LogP contribution in [0.4, 0.5) is 5.69 Å². The fourth-order valence-corrected chi connectivity index (χ4v) is 3.22. The van der Waals surface area contributed by atoms with Crippen molar-refractivity contribution in [1.82, 2.24) is 4.98 Å². The molecule has 0 saturated heterocycles. The molecule has 28 heavy (non-hydrogen) atoms. The largest absolute Gasteiger partial charge is 0.488 e. The Morgan fingerprint density at radius 1 is 0.964 bits per heavy atom. The highest BCUT2D eigenvalue weighted by Gasteiger charge is 2.19. The van der Waals surface area contributed by atoms with Gasteiger partial charge in [0.1, 0.15) is 17.9 Å². The van der Waals surface area contributed by atoms with Gasteiger partial charge in [0.15, 0.2) is 0 Å². The number of pyridine rings is 1. The molecule has 1 amide bonds. The molecule has 0 atom stereocenters. The Kier molecular flexibility index (Phi) is 5.78. The molecule has 0 bridgehead atoms. The second kappa shape index (κ2) is 8.26. The summed E-state index contributed by atoms with van der Waals surface area (Å²) in [5.74, 6) is 0.343. The van der Waals surface area contributed by atoms with Crippen LogP contribution in [0.15, 0.2) is 48.5 Å². The zero-order valence-electron chi connectivity index (χ0n) is 17.1. The molecule has 0 unspecified atom stereocenters. The topological polar surface area (TPSA) is 51.2 Å². The summed E-state index contributed by atoms with van der Waals surface area (Å²) in [6.07, 6.45) is 0. The van der Waals surface area contributed by atoms with E-state index in [1.54, 1.807) is 0 Å². The van der Waals surface area contributed by atoms with Gasteiger partial charge in [0, 0.05) is 17.4 Å². The first-order valence-corrected chi connectivity index (χ1v) is 9.39. The number of hydrogen-bond donors (Lipinski definition) is 1. The van der Waals surface area contributed by atoms with Crippen molar-refractivity contribution >= 4 is 11.6 Å². The van der Waals surface area contributed by atoms with Crippen molar-refractivity contribution in [2.45, 2.75) is 41.2 Å². The highest BCUT2D eigenvalue weighted by molar-refractivity contribution is 6.07. The number of para-hydroxylation sites is 1. The predicted octanol–water partition coefficient (Wildman–Crippen LogP) is 5.46. The second-order valence-electron chi connectivity index (χ2n) is 7.22. The molecule has 1 aromatic heterocycles. The summed E-state index contributed by atoms with van der Waals surface area (Å²) >= 11 is 0. The molecule has 1 heterocycles. The van der Waals surface area contributed by atoms with Gasteiger partial charge in [0.2, 0.25) is 0 Å². The normalized spacial score (nSPS) is 10.6. The number of nitrogens with one attached hydrogen (secondary N) is 1. The maximum absolute atomic E-state index is 13.1. The van der Waals surface area contributed by atoms with Gasteiger partial charge in [-0.05, 0) is 51.3 Å². The molecule has 0 saturated carbocycles. The van der Waals surface area contributed by atoms with E-state index in [1.165, 1.54) is 5.56 Å². The highest BCUT2D eigenvalue weighted by Crippen LogP contribution is 2.27. The van der Waals surface area contributed by atoms with Gasteiger partial charge in [-0.1, -0.05) is 48.0 Å². The van der Waals surface area contributed by atoms with Crippen molar-refractivity contribution in [3.63, 3.8) is 0 Å². The molecule has 4 nitrogen and oxygen atoms in total. The number of aryl methyl sites for hydroxylation is 5. The van der Waals surface area contributed by atoms with E-state index in [2.05, 4.69) is 29.4 Å². The smallest absolute Gasteiger partial charge is 0.261 e. The van der Waals surface area contributed by atoms with E-state index in [0.717, 1.165) is 28.1 Å². The van der Waals surface area contributed by atoms with Gasteiger partial charge in [0.05, 0.1) is 5.69 Å². The zero-order chi connectivity index (χ0) is 20.3. The molecule has 0 spiro atoms. The lowest BCUT2D eigenvalue weighted by Crippen LogP contribution is -2.17. The lowest BCUT2D eigenvalue weighted by molar-refractivity contribution is 0.102. The Balaban J connectivity index is 1.89. The standard InChI is InChI=1S/C24H26N2O2/c1-15-9-11-20(12-10-15)14-28-21-13-18(4)25-19(5)22(21)24(27)26-23-16(2)7-6-8-17(23)3/h6-13H,14H2,1-5H3,(H,26,27). The average molecular weight is 374 g/mol. The highest BCUT2D eigenvalue weighted by atomic mass is 16.5.